The van der Waals surface area contributed by atoms with Gasteiger partial charge >= 0.3 is 0 Å². The molecule has 2 aliphatic carbocycles. The number of hydrogen-bond donors (Lipinski definition) is 0. The van der Waals surface area contributed by atoms with Crippen LogP contribution in [0.5, 0.6) is 0 Å². The molecule has 2 fully saturated rings. The highest BCUT2D eigenvalue weighted by atomic mass is 14.3. The maximum Gasteiger partial charge on any atom is -0.0159 e. The standard InChI is InChI=1S/C20H30.C13H20.C12H18.C11H16.C10H14.C9H12.C8H10/c1-15-13-20(18-11-7-4-8-12-18)16(2)14-19(15)17-9-5-3-6-10-17;1-5-6-7-13-9-11(3)10(2)8-12(13)4;1-4-5-6-12-9-10(2)7-8-11(12)3;1-5-11-7-9(3)8(2)6-10(11)4;1-7-5-9(3)10(4)6-8(7)2;1-7-4-5-8(2)9(3)6-7;1-7-3-5-8(2)6-4-7/h13-14,17-18H,3-12H2,1-2H3;8-9H,5-7H2,1-4H3;7-9H,4-6H2,1-3H3;6-7H,5H2,1-4H3;5-6H,1-4H3;4-6H,1-3H3;3-6H,1-2H3. The molecular weight excluding hydrogens is 997 g/mol. The summed E-state index contributed by atoms with van der Waals surface area (Å²) in [5.74, 6) is 1.70. The summed E-state index contributed by atoms with van der Waals surface area (Å²) in [5, 5.41) is 0. The highest BCUT2D eigenvalue weighted by Gasteiger charge is 2.22. The lowest BCUT2D eigenvalue weighted by Gasteiger charge is -2.28. The third-order valence-electron chi connectivity index (χ3n) is 18.1. The van der Waals surface area contributed by atoms with Crippen molar-refractivity contribution in [3.8, 4) is 0 Å². The Hall–Kier alpha value is -5.46. The average Bonchev–Trinajstić information content (AvgIpc) is 3.67. The quantitative estimate of drug-likeness (QED) is 0.135. The van der Waals surface area contributed by atoms with Crippen LogP contribution in [-0.2, 0) is 19.3 Å². The van der Waals surface area contributed by atoms with E-state index in [-0.39, 0.29) is 0 Å². The van der Waals surface area contributed by atoms with Gasteiger partial charge in [-0.25, -0.2) is 0 Å². The molecule has 7 aromatic rings. The third-order valence-corrected chi connectivity index (χ3v) is 18.1. The van der Waals surface area contributed by atoms with Crippen LogP contribution in [0.15, 0.2) is 109 Å². The Morgan fingerprint density at radius 2 is 0.554 bits per heavy atom. The molecule has 0 saturated heterocycles. The van der Waals surface area contributed by atoms with E-state index in [2.05, 4.69) is 262 Å². The molecule has 0 unspecified atom stereocenters. The lowest BCUT2D eigenvalue weighted by molar-refractivity contribution is 0.437. The lowest BCUT2D eigenvalue weighted by atomic mass is 9.77. The van der Waals surface area contributed by atoms with Crippen LogP contribution in [0.1, 0.15) is 256 Å². The van der Waals surface area contributed by atoms with Gasteiger partial charge in [-0.1, -0.05) is 204 Å². The van der Waals surface area contributed by atoms with E-state index in [4.69, 9.17) is 0 Å². The Morgan fingerprint density at radius 1 is 0.253 bits per heavy atom. The number of unbranched alkanes of at least 4 members (excludes halogenated alkanes) is 2. The van der Waals surface area contributed by atoms with Crippen LogP contribution in [0, 0.1) is 132 Å². The lowest BCUT2D eigenvalue weighted by Crippen LogP contribution is -2.10. The molecule has 0 heterocycles. The first-order valence-corrected chi connectivity index (χ1v) is 32.8. The van der Waals surface area contributed by atoms with Crippen LogP contribution in [0.4, 0.5) is 0 Å². The van der Waals surface area contributed by atoms with Gasteiger partial charge in [-0.2, -0.15) is 0 Å². The zero-order valence-corrected chi connectivity index (χ0v) is 57.6. The van der Waals surface area contributed by atoms with Crippen LogP contribution in [-0.4, -0.2) is 0 Å². The van der Waals surface area contributed by atoms with Gasteiger partial charge in [0.25, 0.3) is 0 Å². The molecule has 2 aliphatic rings. The van der Waals surface area contributed by atoms with E-state index in [1.165, 1.54) is 214 Å². The summed E-state index contributed by atoms with van der Waals surface area (Å²) in [6.45, 7) is 48.1. The van der Waals surface area contributed by atoms with Crippen LogP contribution >= 0.6 is 0 Å². The normalized spacial score (nSPS) is 12.9. The molecule has 83 heavy (non-hydrogen) atoms. The molecule has 0 amide bonds. The van der Waals surface area contributed by atoms with E-state index in [1.807, 2.05) is 0 Å². The topological polar surface area (TPSA) is 0 Å². The molecule has 0 atom stereocenters. The fourth-order valence-corrected chi connectivity index (χ4v) is 11.7. The van der Waals surface area contributed by atoms with Crippen LogP contribution in [0.3, 0.4) is 0 Å². The summed E-state index contributed by atoms with van der Waals surface area (Å²) in [4.78, 5) is 0. The van der Waals surface area contributed by atoms with Crippen LogP contribution in [0.25, 0.3) is 0 Å². The zero-order chi connectivity index (χ0) is 61.8. The molecule has 7 aromatic carbocycles. The fourth-order valence-electron chi connectivity index (χ4n) is 11.7. The van der Waals surface area contributed by atoms with E-state index >= 15 is 0 Å². The van der Waals surface area contributed by atoms with Gasteiger partial charge < -0.3 is 0 Å². The number of aryl methyl sites for hydroxylation is 22. The SMILES string of the molecule is CCCCc1cc(C)c(C)cc1C.CCCCc1cc(C)ccc1C.CCc1cc(C)c(C)cc1C.Cc1cc(C)c(C)cc1C.Cc1cc(C2CCCCC2)c(C)cc1C1CCCCC1.Cc1ccc(C)c(C)c1.Cc1ccc(C)cc1. The van der Waals surface area contributed by atoms with E-state index in [1.54, 1.807) is 22.3 Å². The third kappa shape index (κ3) is 25.7. The highest BCUT2D eigenvalue weighted by Crippen LogP contribution is 2.39. The first-order valence-electron chi connectivity index (χ1n) is 32.8. The van der Waals surface area contributed by atoms with Crippen molar-refractivity contribution in [1.29, 1.82) is 0 Å². The van der Waals surface area contributed by atoms with Crippen molar-refractivity contribution in [2.45, 2.75) is 273 Å². The van der Waals surface area contributed by atoms with E-state index in [0.717, 1.165) is 18.3 Å². The molecule has 0 radical (unpaired) electrons. The van der Waals surface area contributed by atoms with Gasteiger partial charge in [-0.05, 0) is 312 Å². The second-order valence-corrected chi connectivity index (χ2v) is 25.7. The minimum absolute atomic E-state index is 0.850. The molecule has 2 saturated carbocycles. The van der Waals surface area contributed by atoms with Crippen molar-refractivity contribution in [2.75, 3.05) is 0 Å². The Morgan fingerprint density at radius 3 is 0.916 bits per heavy atom. The summed E-state index contributed by atoms with van der Waals surface area (Å²) < 4.78 is 0. The van der Waals surface area contributed by atoms with Crippen molar-refractivity contribution in [3.05, 3.63) is 243 Å². The number of rotatable bonds is 9. The Labute approximate surface area is 513 Å². The highest BCUT2D eigenvalue weighted by molar-refractivity contribution is 5.42. The maximum atomic E-state index is 2.55. The monoisotopic (exact) mass is 1120 g/mol. The molecule has 0 aliphatic heterocycles. The second-order valence-electron chi connectivity index (χ2n) is 25.7. The summed E-state index contributed by atoms with van der Waals surface area (Å²) >= 11 is 0. The number of benzene rings is 7. The Balaban J connectivity index is 0.000000260. The molecule has 0 bridgehead atoms. The summed E-state index contributed by atoms with van der Waals surface area (Å²) in [6.07, 6.45) is 23.2. The Bertz CT molecular complexity index is 2880. The minimum atomic E-state index is 0.850. The number of hydrogen-bond acceptors (Lipinski definition) is 0. The molecule has 0 nitrogen and oxygen atoms in total. The summed E-state index contributed by atoms with van der Waals surface area (Å²) in [7, 11) is 0. The smallest absolute Gasteiger partial charge is 0.0159 e. The van der Waals surface area contributed by atoms with E-state index in [0.29, 0.717) is 0 Å². The van der Waals surface area contributed by atoms with Crippen molar-refractivity contribution in [2.24, 2.45) is 0 Å². The zero-order valence-electron chi connectivity index (χ0n) is 57.6. The van der Waals surface area contributed by atoms with E-state index < -0.39 is 0 Å². The summed E-state index contributed by atoms with van der Waals surface area (Å²) in [6, 6.07) is 40.5. The maximum absolute atomic E-state index is 2.55. The second kappa shape index (κ2) is 37.8. The van der Waals surface area contributed by atoms with Gasteiger partial charge in [0.15, 0.2) is 0 Å². The molecule has 0 heteroatoms. The Kier molecular flexibility index (Phi) is 32.7. The first kappa shape index (κ1) is 71.8. The fraction of sp³-hybridized carbons (Fsp3) is 0.494. The van der Waals surface area contributed by atoms with Crippen molar-refractivity contribution < 1.29 is 0 Å². The van der Waals surface area contributed by atoms with E-state index in [9.17, 15) is 0 Å². The molecule has 9 rings (SSSR count). The van der Waals surface area contributed by atoms with Gasteiger partial charge in [0.2, 0.25) is 0 Å². The van der Waals surface area contributed by atoms with Crippen LogP contribution in [0.2, 0.25) is 0 Å². The van der Waals surface area contributed by atoms with Crippen molar-refractivity contribution in [1.82, 2.24) is 0 Å². The largest absolute Gasteiger partial charge is 0.0654 e. The predicted octanol–water partition coefficient (Wildman–Crippen LogP) is 25.0. The molecule has 0 aromatic heterocycles. The minimum Gasteiger partial charge on any atom is -0.0654 e. The van der Waals surface area contributed by atoms with Gasteiger partial charge in [0, 0.05) is 0 Å². The molecule has 452 valence electrons. The van der Waals surface area contributed by atoms with Crippen molar-refractivity contribution in [3.63, 3.8) is 0 Å². The molecule has 0 spiro atoms. The van der Waals surface area contributed by atoms with Gasteiger partial charge in [-0.3, -0.25) is 0 Å². The average molecular weight is 1120 g/mol. The summed E-state index contributed by atoms with van der Waals surface area (Å²) in [5.41, 5.74) is 34.7. The predicted molar refractivity (Wildman–Crippen MR) is 373 cm³/mol. The van der Waals surface area contributed by atoms with Gasteiger partial charge in [0.1, 0.15) is 0 Å². The first-order chi connectivity index (χ1) is 39.4. The molecule has 0 N–H and O–H groups in total. The molecular formula is C83H120. The van der Waals surface area contributed by atoms with Gasteiger partial charge in [0.05, 0.1) is 0 Å². The van der Waals surface area contributed by atoms with Gasteiger partial charge in [-0.15, -0.1) is 0 Å². The van der Waals surface area contributed by atoms with Crippen molar-refractivity contribution >= 4 is 0 Å². The van der Waals surface area contributed by atoms with Crippen LogP contribution < -0.4 is 0 Å².